The van der Waals surface area contributed by atoms with Crippen LogP contribution < -0.4 is 4.72 Å². The first-order chi connectivity index (χ1) is 12.5. The van der Waals surface area contributed by atoms with Crippen LogP contribution in [-0.4, -0.2) is 46.2 Å². The minimum Gasteiger partial charge on any atom is -0.379 e. The number of hydrogen-bond donors (Lipinski definition) is 1. The summed E-state index contributed by atoms with van der Waals surface area (Å²) in [7, 11) is -3.50. The zero-order chi connectivity index (χ0) is 18.4. The maximum atomic E-state index is 12.4. The van der Waals surface area contributed by atoms with Crippen molar-refractivity contribution in [3.8, 4) is 0 Å². The third-order valence-corrected chi connectivity index (χ3v) is 6.17. The van der Waals surface area contributed by atoms with Crippen molar-refractivity contribution in [2.24, 2.45) is 0 Å². The number of nitrogens with one attached hydrogen (secondary N) is 1. The van der Waals surface area contributed by atoms with E-state index in [4.69, 9.17) is 4.74 Å². The van der Waals surface area contributed by atoms with E-state index in [0.29, 0.717) is 19.8 Å². The predicted molar refractivity (Wildman–Crippen MR) is 107 cm³/mol. The molecule has 1 N–H and O–H groups in total. The summed E-state index contributed by atoms with van der Waals surface area (Å²) < 4.78 is 32.9. The van der Waals surface area contributed by atoms with Gasteiger partial charge in [0.05, 0.1) is 13.2 Å². The summed E-state index contributed by atoms with van der Waals surface area (Å²) in [4.78, 5) is 2.28. The van der Waals surface area contributed by atoms with Crippen molar-refractivity contribution in [1.82, 2.24) is 9.62 Å². The van der Waals surface area contributed by atoms with Gasteiger partial charge in [0, 0.05) is 31.1 Å². The van der Waals surface area contributed by atoms with Gasteiger partial charge in [-0.1, -0.05) is 29.8 Å². The molecule has 1 aromatic heterocycles. The van der Waals surface area contributed by atoms with Crippen LogP contribution in [0.5, 0.6) is 0 Å². The molecule has 0 amide bonds. The standard InChI is InChI=1S/C19H24N2O3S2/c1-16-2-4-17(5-3-16)7-13-26(22,23)20-14-19(18-6-12-25-15-18)21-8-10-24-11-9-21/h2-7,12-13,15,19-20H,8-11,14H2,1H3/b13-7+. The fraction of sp³-hybridized carbons (Fsp3) is 0.368. The first-order valence-corrected chi connectivity index (χ1v) is 11.1. The van der Waals surface area contributed by atoms with Gasteiger partial charge in [-0.3, -0.25) is 4.90 Å². The summed E-state index contributed by atoms with van der Waals surface area (Å²) in [5, 5.41) is 5.34. The zero-order valence-electron chi connectivity index (χ0n) is 14.8. The predicted octanol–water partition coefficient (Wildman–Crippen LogP) is 3.02. The summed E-state index contributed by atoms with van der Waals surface area (Å²) in [6, 6.07) is 9.82. The molecule has 1 aromatic carbocycles. The quantitative estimate of drug-likeness (QED) is 0.787. The lowest BCUT2D eigenvalue weighted by atomic mass is 10.1. The van der Waals surface area contributed by atoms with Gasteiger partial charge in [-0.15, -0.1) is 0 Å². The molecule has 2 aromatic rings. The fourth-order valence-corrected chi connectivity index (χ4v) is 4.43. The second-order valence-corrected chi connectivity index (χ2v) is 8.76. The highest BCUT2D eigenvalue weighted by molar-refractivity contribution is 7.92. The molecule has 0 spiro atoms. The van der Waals surface area contributed by atoms with Crippen molar-refractivity contribution < 1.29 is 13.2 Å². The molecule has 0 aliphatic carbocycles. The zero-order valence-corrected chi connectivity index (χ0v) is 16.4. The smallest absolute Gasteiger partial charge is 0.233 e. The summed E-state index contributed by atoms with van der Waals surface area (Å²) >= 11 is 1.62. The van der Waals surface area contributed by atoms with Gasteiger partial charge in [-0.2, -0.15) is 11.3 Å². The molecule has 1 aliphatic heterocycles. The number of thiophene rings is 1. The Hall–Kier alpha value is -1.51. The summed E-state index contributed by atoms with van der Waals surface area (Å²) in [5.74, 6) is 0. The van der Waals surface area contributed by atoms with Gasteiger partial charge < -0.3 is 4.74 Å². The van der Waals surface area contributed by atoms with Crippen LogP contribution in [0.4, 0.5) is 0 Å². The number of hydrogen-bond acceptors (Lipinski definition) is 5. The first kappa shape index (κ1) is 19.3. The fourth-order valence-electron chi connectivity index (χ4n) is 2.90. The van der Waals surface area contributed by atoms with Crippen LogP contribution in [0.2, 0.25) is 0 Å². The van der Waals surface area contributed by atoms with Crippen LogP contribution in [0.15, 0.2) is 46.5 Å². The van der Waals surface area contributed by atoms with E-state index in [1.54, 1.807) is 17.4 Å². The average molecular weight is 393 g/mol. The minimum absolute atomic E-state index is 0.0210. The molecule has 5 nitrogen and oxygen atoms in total. The van der Waals surface area contributed by atoms with Crippen LogP contribution in [0, 0.1) is 6.92 Å². The number of aryl methyl sites for hydroxylation is 1. The molecule has 0 bridgehead atoms. The highest BCUT2D eigenvalue weighted by Crippen LogP contribution is 2.23. The summed E-state index contributed by atoms with van der Waals surface area (Å²) in [6.07, 6.45) is 1.62. The van der Waals surface area contributed by atoms with E-state index in [2.05, 4.69) is 21.1 Å². The molecular weight excluding hydrogens is 368 g/mol. The van der Waals surface area contributed by atoms with E-state index >= 15 is 0 Å². The Morgan fingerprint density at radius 1 is 1.23 bits per heavy atom. The first-order valence-electron chi connectivity index (χ1n) is 8.62. The molecule has 3 rings (SSSR count). The van der Waals surface area contributed by atoms with Crippen LogP contribution >= 0.6 is 11.3 Å². The molecule has 2 heterocycles. The Morgan fingerprint density at radius 3 is 2.62 bits per heavy atom. The van der Waals surface area contributed by atoms with Gasteiger partial charge in [0.1, 0.15) is 0 Å². The van der Waals surface area contributed by atoms with Crippen molar-refractivity contribution in [3.05, 3.63) is 63.2 Å². The van der Waals surface area contributed by atoms with Crippen LogP contribution in [0.1, 0.15) is 22.7 Å². The minimum atomic E-state index is -3.50. The molecule has 0 radical (unpaired) electrons. The van der Waals surface area contributed by atoms with E-state index < -0.39 is 10.0 Å². The lowest BCUT2D eigenvalue weighted by molar-refractivity contribution is 0.0173. The Balaban J connectivity index is 1.66. The lowest BCUT2D eigenvalue weighted by Crippen LogP contribution is -2.43. The van der Waals surface area contributed by atoms with Gasteiger partial charge in [-0.05, 0) is 41.0 Å². The van der Waals surface area contributed by atoms with Crippen molar-refractivity contribution in [2.75, 3.05) is 32.8 Å². The number of ether oxygens (including phenoxy) is 1. The van der Waals surface area contributed by atoms with Crippen LogP contribution in [-0.2, 0) is 14.8 Å². The summed E-state index contributed by atoms with van der Waals surface area (Å²) in [5.41, 5.74) is 3.15. The number of benzene rings is 1. The molecule has 7 heteroatoms. The average Bonchev–Trinajstić information content (AvgIpc) is 3.17. The maximum absolute atomic E-state index is 12.4. The van der Waals surface area contributed by atoms with Crippen molar-refractivity contribution in [1.29, 1.82) is 0 Å². The van der Waals surface area contributed by atoms with E-state index in [1.807, 2.05) is 36.6 Å². The molecule has 1 fully saturated rings. The summed E-state index contributed by atoms with van der Waals surface area (Å²) in [6.45, 7) is 5.32. The number of morpholine rings is 1. The van der Waals surface area contributed by atoms with Gasteiger partial charge in [-0.25, -0.2) is 13.1 Å². The molecule has 1 atom stereocenters. The van der Waals surface area contributed by atoms with Crippen molar-refractivity contribution >= 4 is 27.4 Å². The van der Waals surface area contributed by atoms with Crippen LogP contribution in [0.25, 0.3) is 6.08 Å². The third kappa shape index (κ3) is 5.49. The van der Waals surface area contributed by atoms with E-state index in [0.717, 1.165) is 29.8 Å². The SMILES string of the molecule is Cc1ccc(/C=C/S(=O)(=O)NCC(c2ccsc2)N2CCOCC2)cc1. The van der Waals surface area contributed by atoms with Gasteiger partial charge >= 0.3 is 0 Å². The van der Waals surface area contributed by atoms with Crippen molar-refractivity contribution in [2.45, 2.75) is 13.0 Å². The van der Waals surface area contributed by atoms with E-state index in [9.17, 15) is 8.42 Å². The second kappa shape index (κ2) is 8.92. The highest BCUT2D eigenvalue weighted by atomic mass is 32.2. The maximum Gasteiger partial charge on any atom is 0.233 e. The molecule has 26 heavy (non-hydrogen) atoms. The van der Waals surface area contributed by atoms with Gasteiger partial charge in [0.2, 0.25) is 10.0 Å². The Labute approximate surface area is 159 Å². The monoisotopic (exact) mass is 392 g/mol. The number of sulfonamides is 1. The molecule has 1 saturated heterocycles. The number of nitrogens with zero attached hydrogens (tertiary/aromatic N) is 1. The highest BCUT2D eigenvalue weighted by Gasteiger charge is 2.24. The molecule has 1 aliphatic rings. The molecular formula is C19H24N2O3S2. The van der Waals surface area contributed by atoms with E-state index in [-0.39, 0.29) is 6.04 Å². The topological polar surface area (TPSA) is 58.6 Å². The normalized spacial score (nSPS) is 17.6. The lowest BCUT2D eigenvalue weighted by Gasteiger charge is -2.34. The largest absolute Gasteiger partial charge is 0.379 e. The molecule has 140 valence electrons. The van der Waals surface area contributed by atoms with Crippen molar-refractivity contribution in [3.63, 3.8) is 0 Å². The molecule has 1 unspecified atom stereocenters. The molecule has 0 saturated carbocycles. The van der Waals surface area contributed by atoms with E-state index in [1.165, 1.54) is 5.41 Å². The van der Waals surface area contributed by atoms with Gasteiger partial charge in [0.15, 0.2) is 0 Å². The second-order valence-electron chi connectivity index (χ2n) is 6.33. The Bertz CT molecular complexity index is 809. The van der Waals surface area contributed by atoms with Gasteiger partial charge in [0.25, 0.3) is 0 Å². The third-order valence-electron chi connectivity index (χ3n) is 4.41. The Kier molecular flexibility index (Phi) is 6.61. The Morgan fingerprint density at radius 2 is 1.96 bits per heavy atom. The van der Waals surface area contributed by atoms with Crippen LogP contribution in [0.3, 0.4) is 0 Å². The number of rotatable bonds is 7.